The van der Waals surface area contributed by atoms with Crippen molar-refractivity contribution in [2.75, 3.05) is 11.5 Å². The molecule has 0 radical (unpaired) electrons. The predicted octanol–water partition coefficient (Wildman–Crippen LogP) is 0.448. The minimum absolute atomic E-state index is 0.0255. The summed E-state index contributed by atoms with van der Waals surface area (Å²) < 4.78 is 23.1. The SMILES string of the molecule is NC(=NO)c1ccc(CNC2CCCS(=O)(=O)C2)cc1. The van der Waals surface area contributed by atoms with E-state index in [0.29, 0.717) is 17.9 Å². The first-order valence-corrected chi connectivity index (χ1v) is 8.33. The van der Waals surface area contributed by atoms with Gasteiger partial charge in [0.2, 0.25) is 0 Å². The Balaban J connectivity index is 1.91. The summed E-state index contributed by atoms with van der Waals surface area (Å²) in [6.45, 7) is 0.608. The van der Waals surface area contributed by atoms with Gasteiger partial charge in [-0.15, -0.1) is 0 Å². The van der Waals surface area contributed by atoms with Gasteiger partial charge in [0.25, 0.3) is 0 Å². The van der Waals surface area contributed by atoms with Crippen LogP contribution in [0.5, 0.6) is 0 Å². The maximum absolute atomic E-state index is 11.5. The summed E-state index contributed by atoms with van der Waals surface area (Å²) in [6, 6.07) is 7.31. The van der Waals surface area contributed by atoms with Crippen molar-refractivity contribution in [3.63, 3.8) is 0 Å². The highest BCUT2D eigenvalue weighted by Crippen LogP contribution is 2.13. The fourth-order valence-electron chi connectivity index (χ4n) is 2.30. The lowest BCUT2D eigenvalue weighted by Crippen LogP contribution is -2.39. The Morgan fingerprint density at radius 2 is 2.10 bits per heavy atom. The molecular formula is C13H19N3O3S. The third-order valence-electron chi connectivity index (χ3n) is 3.42. The van der Waals surface area contributed by atoms with Crippen molar-refractivity contribution in [3.8, 4) is 0 Å². The second kappa shape index (κ2) is 6.23. The average molecular weight is 297 g/mol. The van der Waals surface area contributed by atoms with Gasteiger partial charge in [0.15, 0.2) is 15.7 Å². The summed E-state index contributed by atoms with van der Waals surface area (Å²) in [6.07, 6.45) is 1.61. The van der Waals surface area contributed by atoms with Crippen molar-refractivity contribution in [2.24, 2.45) is 10.9 Å². The van der Waals surface area contributed by atoms with Crippen molar-refractivity contribution in [1.29, 1.82) is 0 Å². The van der Waals surface area contributed by atoms with E-state index in [4.69, 9.17) is 10.9 Å². The molecule has 7 heteroatoms. The molecule has 1 aliphatic rings. The molecule has 0 bridgehead atoms. The Morgan fingerprint density at radius 1 is 1.40 bits per heavy atom. The summed E-state index contributed by atoms with van der Waals surface area (Å²) in [7, 11) is -2.88. The highest BCUT2D eigenvalue weighted by Gasteiger charge is 2.23. The largest absolute Gasteiger partial charge is 0.409 e. The van der Waals surface area contributed by atoms with Crippen LogP contribution >= 0.6 is 0 Å². The van der Waals surface area contributed by atoms with E-state index in [-0.39, 0.29) is 17.6 Å². The quantitative estimate of drug-likeness (QED) is 0.324. The number of nitrogens with one attached hydrogen (secondary N) is 1. The molecule has 1 heterocycles. The van der Waals surface area contributed by atoms with Gasteiger partial charge in [-0.2, -0.15) is 0 Å². The third kappa shape index (κ3) is 3.94. The summed E-state index contributed by atoms with van der Waals surface area (Å²) in [4.78, 5) is 0. The number of hydrogen-bond acceptors (Lipinski definition) is 5. The standard InChI is InChI=1S/C13H19N3O3S/c14-13(16-17)11-5-3-10(4-6-11)8-15-12-2-1-7-20(18,19)9-12/h3-6,12,15,17H,1-2,7-9H2,(H2,14,16). The normalized spacial score (nSPS) is 22.6. The third-order valence-corrected chi connectivity index (χ3v) is 5.24. The predicted molar refractivity (Wildman–Crippen MR) is 77.5 cm³/mol. The molecule has 110 valence electrons. The lowest BCUT2D eigenvalue weighted by Gasteiger charge is -2.23. The smallest absolute Gasteiger partial charge is 0.170 e. The first-order chi connectivity index (χ1) is 9.50. The zero-order valence-electron chi connectivity index (χ0n) is 11.1. The zero-order chi connectivity index (χ0) is 14.6. The second-order valence-electron chi connectivity index (χ2n) is 5.02. The maximum Gasteiger partial charge on any atom is 0.170 e. The van der Waals surface area contributed by atoms with Crippen molar-refractivity contribution in [2.45, 2.75) is 25.4 Å². The van der Waals surface area contributed by atoms with Crippen LogP contribution in [0.2, 0.25) is 0 Å². The molecule has 0 amide bonds. The van der Waals surface area contributed by atoms with Crippen LogP contribution in [0.1, 0.15) is 24.0 Å². The fraction of sp³-hybridized carbons (Fsp3) is 0.462. The summed E-state index contributed by atoms with van der Waals surface area (Å²) in [5.74, 6) is 0.595. The van der Waals surface area contributed by atoms with Crippen molar-refractivity contribution >= 4 is 15.7 Å². The number of sulfone groups is 1. The van der Waals surface area contributed by atoms with Gasteiger partial charge in [-0.05, 0) is 18.4 Å². The van der Waals surface area contributed by atoms with Crippen LogP contribution in [0, 0.1) is 0 Å². The van der Waals surface area contributed by atoms with E-state index in [9.17, 15) is 8.42 Å². The summed E-state index contributed by atoms with van der Waals surface area (Å²) in [5, 5.41) is 14.8. The van der Waals surface area contributed by atoms with Gasteiger partial charge in [-0.25, -0.2) is 8.42 Å². The van der Waals surface area contributed by atoms with E-state index in [1.165, 1.54) is 0 Å². The Labute approximate surface area is 118 Å². The maximum atomic E-state index is 11.5. The Bertz CT molecular complexity index is 581. The molecule has 2 rings (SSSR count). The molecule has 1 unspecified atom stereocenters. The van der Waals surface area contributed by atoms with Crippen LogP contribution in [0.25, 0.3) is 0 Å². The first kappa shape index (κ1) is 14.8. The average Bonchev–Trinajstić information content (AvgIpc) is 2.44. The second-order valence-corrected chi connectivity index (χ2v) is 7.25. The number of hydrogen-bond donors (Lipinski definition) is 3. The van der Waals surface area contributed by atoms with Crippen LogP contribution < -0.4 is 11.1 Å². The first-order valence-electron chi connectivity index (χ1n) is 6.51. The monoisotopic (exact) mass is 297 g/mol. The van der Waals surface area contributed by atoms with Gasteiger partial charge in [-0.3, -0.25) is 0 Å². The van der Waals surface area contributed by atoms with Gasteiger partial charge >= 0.3 is 0 Å². The van der Waals surface area contributed by atoms with E-state index >= 15 is 0 Å². The van der Waals surface area contributed by atoms with Gasteiger partial charge in [0.1, 0.15) is 0 Å². The molecule has 0 spiro atoms. The minimum Gasteiger partial charge on any atom is -0.409 e. The number of nitrogens with two attached hydrogens (primary N) is 1. The Morgan fingerprint density at radius 3 is 2.70 bits per heavy atom. The van der Waals surface area contributed by atoms with Crippen molar-refractivity contribution < 1.29 is 13.6 Å². The molecule has 4 N–H and O–H groups in total. The fourth-order valence-corrected chi connectivity index (χ4v) is 3.97. The number of rotatable bonds is 4. The van der Waals surface area contributed by atoms with E-state index in [2.05, 4.69) is 10.5 Å². The molecule has 20 heavy (non-hydrogen) atoms. The van der Waals surface area contributed by atoms with Crippen LogP contribution in [-0.2, 0) is 16.4 Å². The van der Waals surface area contributed by atoms with Gasteiger partial charge in [0, 0.05) is 18.2 Å². The van der Waals surface area contributed by atoms with E-state index in [0.717, 1.165) is 18.4 Å². The van der Waals surface area contributed by atoms with E-state index in [1.807, 2.05) is 12.1 Å². The molecule has 1 aliphatic heterocycles. The Kier molecular flexibility index (Phi) is 4.61. The van der Waals surface area contributed by atoms with Crippen LogP contribution in [-0.4, -0.2) is 37.0 Å². The molecule has 0 aliphatic carbocycles. The minimum atomic E-state index is -2.88. The number of nitrogens with zero attached hydrogens (tertiary/aromatic N) is 1. The van der Waals surface area contributed by atoms with E-state index < -0.39 is 9.84 Å². The molecule has 1 saturated heterocycles. The summed E-state index contributed by atoms with van der Waals surface area (Å²) >= 11 is 0. The molecule has 1 atom stereocenters. The van der Waals surface area contributed by atoms with Gasteiger partial charge in [0.05, 0.1) is 11.5 Å². The lowest BCUT2D eigenvalue weighted by atomic mass is 10.1. The van der Waals surface area contributed by atoms with Crippen molar-refractivity contribution in [3.05, 3.63) is 35.4 Å². The molecule has 1 aromatic rings. The summed E-state index contributed by atoms with van der Waals surface area (Å²) in [5.41, 5.74) is 7.16. The molecule has 1 aromatic carbocycles. The Hall–Kier alpha value is -1.60. The van der Waals surface area contributed by atoms with Gasteiger partial charge < -0.3 is 16.3 Å². The van der Waals surface area contributed by atoms with Crippen LogP contribution in [0.3, 0.4) is 0 Å². The highest BCUT2D eigenvalue weighted by atomic mass is 32.2. The van der Waals surface area contributed by atoms with Crippen LogP contribution in [0.15, 0.2) is 29.4 Å². The van der Waals surface area contributed by atoms with Crippen molar-refractivity contribution in [1.82, 2.24) is 5.32 Å². The van der Waals surface area contributed by atoms with Gasteiger partial charge in [-0.1, -0.05) is 29.4 Å². The highest BCUT2D eigenvalue weighted by molar-refractivity contribution is 7.91. The zero-order valence-corrected chi connectivity index (χ0v) is 11.9. The lowest BCUT2D eigenvalue weighted by molar-refractivity contribution is 0.318. The number of amidine groups is 1. The number of oxime groups is 1. The van der Waals surface area contributed by atoms with Crippen LogP contribution in [0.4, 0.5) is 0 Å². The number of benzene rings is 1. The molecule has 0 aromatic heterocycles. The molecule has 0 saturated carbocycles. The molecule has 1 fully saturated rings. The topological polar surface area (TPSA) is 105 Å². The molecule has 6 nitrogen and oxygen atoms in total. The van der Waals surface area contributed by atoms with E-state index in [1.54, 1.807) is 12.1 Å². The molecular weight excluding hydrogens is 278 g/mol.